The first-order chi connectivity index (χ1) is 9.97. The highest BCUT2D eigenvalue weighted by atomic mass is 79.9. The summed E-state index contributed by atoms with van der Waals surface area (Å²) in [6.07, 6.45) is 3.16. The van der Waals surface area contributed by atoms with Crippen LogP contribution in [-0.4, -0.2) is 39.5 Å². The lowest BCUT2D eigenvalue weighted by Crippen LogP contribution is -2.42. The molecule has 0 spiro atoms. The first-order valence-electron chi connectivity index (χ1n) is 6.84. The van der Waals surface area contributed by atoms with Crippen molar-refractivity contribution in [2.45, 2.75) is 25.8 Å². The maximum absolute atomic E-state index is 12.1. The van der Waals surface area contributed by atoms with Crippen molar-refractivity contribution < 1.29 is 14.7 Å². The van der Waals surface area contributed by atoms with E-state index in [0.717, 1.165) is 4.47 Å². The van der Waals surface area contributed by atoms with E-state index in [4.69, 9.17) is 5.11 Å². The van der Waals surface area contributed by atoms with Gasteiger partial charge in [0.15, 0.2) is 0 Å². The van der Waals surface area contributed by atoms with Gasteiger partial charge in [-0.3, -0.25) is 14.4 Å². The summed E-state index contributed by atoms with van der Waals surface area (Å²) in [6.45, 7) is 1.16. The number of amides is 1. The normalized spacial score (nSPS) is 18.5. The summed E-state index contributed by atoms with van der Waals surface area (Å²) in [5.74, 6) is -1.43. The number of carboxylic acid groups (broad SMARTS) is 1. The van der Waals surface area contributed by atoms with Crippen LogP contribution in [0.2, 0.25) is 0 Å². The van der Waals surface area contributed by atoms with Crippen LogP contribution in [0.1, 0.15) is 19.3 Å². The highest BCUT2D eigenvalue weighted by molar-refractivity contribution is 9.10. The molecule has 0 saturated carbocycles. The molecule has 1 aliphatic heterocycles. The van der Waals surface area contributed by atoms with E-state index in [-0.39, 0.29) is 24.4 Å². The molecule has 6 nitrogen and oxygen atoms in total. The molecule has 1 aromatic heterocycles. The fourth-order valence-electron chi connectivity index (χ4n) is 2.46. The van der Waals surface area contributed by atoms with Gasteiger partial charge < -0.3 is 14.6 Å². The first-order valence-corrected chi connectivity index (χ1v) is 7.63. The quantitative estimate of drug-likeness (QED) is 0.882. The summed E-state index contributed by atoms with van der Waals surface area (Å²) in [5.41, 5.74) is -0.159. The standard InChI is InChI=1S/C14H17BrN2O4/c15-11-3-4-12(18)17(9-11)7-5-13(19)16-6-1-2-10(8-16)14(20)21/h3-4,9-10H,1-2,5-8H2,(H,20,21)/t10-/m1/s1. The fraction of sp³-hybridized carbons (Fsp3) is 0.500. The smallest absolute Gasteiger partial charge is 0.308 e. The number of aromatic nitrogens is 1. The minimum atomic E-state index is -0.851. The van der Waals surface area contributed by atoms with Crippen molar-refractivity contribution in [1.82, 2.24) is 9.47 Å². The topological polar surface area (TPSA) is 79.6 Å². The van der Waals surface area contributed by atoms with E-state index in [0.29, 0.717) is 25.9 Å². The van der Waals surface area contributed by atoms with Crippen molar-refractivity contribution in [2.75, 3.05) is 13.1 Å². The highest BCUT2D eigenvalue weighted by Gasteiger charge is 2.27. The second kappa shape index (κ2) is 6.89. The Morgan fingerprint density at radius 1 is 1.38 bits per heavy atom. The van der Waals surface area contributed by atoms with Gasteiger partial charge in [-0.2, -0.15) is 0 Å². The lowest BCUT2D eigenvalue weighted by Gasteiger charge is -2.30. The number of aliphatic carboxylic acids is 1. The Morgan fingerprint density at radius 3 is 2.86 bits per heavy atom. The number of pyridine rings is 1. The van der Waals surface area contributed by atoms with Crippen LogP contribution >= 0.6 is 15.9 Å². The number of nitrogens with zero attached hydrogens (tertiary/aromatic N) is 2. The third-order valence-corrected chi connectivity index (χ3v) is 4.11. The average molecular weight is 357 g/mol. The Morgan fingerprint density at radius 2 is 2.14 bits per heavy atom. The van der Waals surface area contributed by atoms with Crippen molar-refractivity contribution in [3.8, 4) is 0 Å². The Bertz CT molecular complexity index is 599. The van der Waals surface area contributed by atoms with Crippen LogP contribution in [0.15, 0.2) is 27.6 Å². The Labute approximate surface area is 130 Å². The van der Waals surface area contributed by atoms with E-state index in [2.05, 4.69) is 15.9 Å². The van der Waals surface area contributed by atoms with Gasteiger partial charge in [-0.25, -0.2) is 0 Å². The summed E-state index contributed by atoms with van der Waals surface area (Å²) in [4.78, 5) is 36.4. The molecule has 21 heavy (non-hydrogen) atoms. The van der Waals surface area contributed by atoms with Crippen molar-refractivity contribution in [3.05, 3.63) is 33.2 Å². The van der Waals surface area contributed by atoms with Crippen LogP contribution in [0, 0.1) is 5.92 Å². The molecule has 0 radical (unpaired) electrons. The SMILES string of the molecule is O=C(O)[C@@H]1CCCN(C(=O)CCn2cc(Br)ccc2=O)C1. The molecule has 7 heteroatoms. The van der Waals surface area contributed by atoms with E-state index in [1.54, 1.807) is 17.2 Å². The van der Waals surface area contributed by atoms with Crippen LogP contribution < -0.4 is 5.56 Å². The molecule has 1 amide bonds. The van der Waals surface area contributed by atoms with E-state index >= 15 is 0 Å². The van der Waals surface area contributed by atoms with Crippen LogP contribution in [-0.2, 0) is 16.1 Å². The Hall–Kier alpha value is -1.63. The van der Waals surface area contributed by atoms with Crippen LogP contribution in [0.5, 0.6) is 0 Å². The molecule has 2 heterocycles. The largest absolute Gasteiger partial charge is 0.481 e. The number of carboxylic acids is 1. The van der Waals surface area contributed by atoms with E-state index in [9.17, 15) is 14.4 Å². The molecule has 1 fully saturated rings. The predicted octanol–water partition coefficient (Wildman–Crippen LogP) is 1.32. The molecule has 114 valence electrons. The summed E-state index contributed by atoms with van der Waals surface area (Å²) in [7, 11) is 0. The summed E-state index contributed by atoms with van der Waals surface area (Å²) >= 11 is 3.28. The van der Waals surface area contributed by atoms with Crippen LogP contribution in [0.3, 0.4) is 0 Å². The number of rotatable bonds is 4. The van der Waals surface area contributed by atoms with Gasteiger partial charge in [0, 0.05) is 42.8 Å². The number of hydrogen-bond acceptors (Lipinski definition) is 3. The first kappa shape index (κ1) is 15.8. The van der Waals surface area contributed by atoms with Gasteiger partial charge in [-0.1, -0.05) is 0 Å². The third-order valence-electron chi connectivity index (χ3n) is 3.64. The lowest BCUT2D eigenvalue weighted by atomic mass is 9.98. The van der Waals surface area contributed by atoms with E-state index in [1.807, 2.05) is 0 Å². The molecule has 2 rings (SSSR count). The van der Waals surface area contributed by atoms with Gasteiger partial charge in [0.1, 0.15) is 0 Å². The van der Waals surface area contributed by atoms with Gasteiger partial charge in [0.05, 0.1) is 5.92 Å². The van der Waals surface area contributed by atoms with Gasteiger partial charge in [-0.15, -0.1) is 0 Å². The van der Waals surface area contributed by atoms with E-state index < -0.39 is 11.9 Å². The lowest BCUT2D eigenvalue weighted by molar-refractivity contribution is -0.145. The van der Waals surface area contributed by atoms with E-state index in [1.165, 1.54) is 10.6 Å². The molecular weight excluding hydrogens is 340 g/mol. The average Bonchev–Trinajstić information content (AvgIpc) is 2.48. The number of hydrogen-bond donors (Lipinski definition) is 1. The van der Waals surface area contributed by atoms with Crippen LogP contribution in [0.4, 0.5) is 0 Å². The molecule has 0 aliphatic carbocycles. The zero-order valence-corrected chi connectivity index (χ0v) is 13.1. The molecule has 0 unspecified atom stereocenters. The van der Waals surface area contributed by atoms with Crippen molar-refractivity contribution in [2.24, 2.45) is 5.92 Å². The molecule has 1 aliphatic rings. The summed E-state index contributed by atoms with van der Waals surface area (Å²) in [5, 5.41) is 9.02. The number of likely N-dealkylation sites (tertiary alicyclic amines) is 1. The Balaban J connectivity index is 1.94. The monoisotopic (exact) mass is 356 g/mol. The highest BCUT2D eigenvalue weighted by Crippen LogP contribution is 2.17. The van der Waals surface area contributed by atoms with Crippen molar-refractivity contribution >= 4 is 27.8 Å². The number of halogens is 1. The number of piperidine rings is 1. The number of carbonyl (C=O) groups excluding carboxylic acids is 1. The molecule has 1 saturated heterocycles. The number of carbonyl (C=O) groups is 2. The fourth-order valence-corrected chi connectivity index (χ4v) is 2.84. The second-order valence-corrected chi connectivity index (χ2v) is 6.06. The van der Waals surface area contributed by atoms with Gasteiger partial charge in [-0.05, 0) is 34.8 Å². The van der Waals surface area contributed by atoms with Gasteiger partial charge in [0.2, 0.25) is 5.91 Å². The summed E-state index contributed by atoms with van der Waals surface area (Å²) < 4.78 is 2.25. The number of aryl methyl sites for hydroxylation is 1. The second-order valence-electron chi connectivity index (χ2n) is 5.15. The minimum absolute atomic E-state index is 0.104. The summed E-state index contributed by atoms with van der Waals surface area (Å²) in [6, 6.07) is 3.10. The van der Waals surface area contributed by atoms with Gasteiger partial charge in [0.25, 0.3) is 5.56 Å². The third kappa shape index (κ3) is 4.17. The molecule has 0 bridgehead atoms. The molecule has 1 N–H and O–H groups in total. The molecule has 1 aromatic rings. The Kier molecular flexibility index (Phi) is 5.17. The maximum Gasteiger partial charge on any atom is 0.308 e. The predicted molar refractivity (Wildman–Crippen MR) is 80.0 cm³/mol. The molecule has 0 aromatic carbocycles. The van der Waals surface area contributed by atoms with Crippen molar-refractivity contribution in [1.29, 1.82) is 0 Å². The maximum atomic E-state index is 12.1. The molecule has 1 atom stereocenters. The van der Waals surface area contributed by atoms with Crippen molar-refractivity contribution in [3.63, 3.8) is 0 Å². The van der Waals surface area contributed by atoms with Gasteiger partial charge >= 0.3 is 5.97 Å². The van der Waals surface area contributed by atoms with Crippen LogP contribution in [0.25, 0.3) is 0 Å². The zero-order valence-electron chi connectivity index (χ0n) is 11.5. The molecular formula is C14H17BrN2O4. The minimum Gasteiger partial charge on any atom is -0.481 e. The zero-order chi connectivity index (χ0) is 15.4.